The van der Waals surface area contributed by atoms with Crippen LogP contribution in [-0.2, 0) is 12.0 Å². The SMILES string of the molecule is Cc1ccc2c(sc3c(F)c(C(F)(F)Oc4cc(F)c(C(C)(F)F)c(F)c4)ccc32)c1F. The maximum absolute atomic E-state index is 15.0. The number of ether oxygens (including phenoxy) is 1. The molecule has 4 aromatic rings. The van der Waals surface area contributed by atoms with Crippen molar-refractivity contribution in [3.8, 4) is 5.75 Å². The predicted octanol–water partition coefficient (Wildman–Crippen LogP) is 8.16. The van der Waals surface area contributed by atoms with Crippen molar-refractivity contribution in [2.45, 2.75) is 25.9 Å². The maximum atomic E-state index is 15.0. The molecule has 0 unspecified atom stereocenters. The number of fused-ring (bicyclic) bond motifs is 3. The second kappa shape index (κ2) is 7.33. The molecule has 1 aromatic heterocycles. The Morgan fingerprint density at radius 2 is 1.31 bits per heavy atom. The smallest absolute Gasteiger partial charge is 0.429 e. The minimum Gasteiger partial charge on any atom is -0.429 e. The van der Waals surface area contributed by atoms with E-state index in [0.717, 1.165) is 6.07 Å². The van der Waals surface area contributed by atoms with Gasteiger partial charge in [-0.05, 0) is 18.6 Å². The van der Waals surface area contributed by atoms with Gasteiger partial charge in [0, 0.05) is 29.8 Å². The van der Waals surface area contributed by atoms with Crippen molar-refractivity contribution in [3.63, 3.8) is 0 Å². The Hall–Kier alpha value is -2.88. The first-order valence-corrected chi connectivity index (χ1v) is 9.87. The van der Waals surface area contributed by atoms with Gasteiger partial charge in [0.25, 0.3) is 5.92 Å². The zero-order valence-electron chi connectivity index (χ0n) is 16.3. The van der Waals surface area contributed by atoms with E-state index in [1.807, 2.05) is 0 Å². The van der Waals surface area contributed by atoms with Gasteiger partial charge in [-0.2, -0.15) is 8.78 Å². The molecule has 0 N–H and O–H groups in total. The summed E-state index contributed by atoms with van der Waals surface area (Å²) in [5, 5.41) is 0.538. The molecule has 0 atom stereocenters. The standard InChI is InChI=1S/C22H12F8OS/c1-9-3-4-11-12-5-6-13(18(26)20(12)32-19(11)17(9)25)22(29,30)31-10-7-14(23)16(15(24)8-10)21(2,27)28/h3-8H,1-2H3. The van der Waals surface area contributed by atoms with Gasteiger partial charge in [-0.3, -0.25) is 0 Å². The lowest BCUT2D eigenvalue weighted by molar-refractivity contribution is -0.187. The number of alkyl halides is 4. The Bertz CT molecular complexity index is 1350. The minimum absolute atomic E-state index is 0.0838. The summed E-state index contributed by atoms with van der Waals surface area (Å²) in [5.74, 6) is -10.6. The Kier molecular flexibility index (Phi) is 5.11. The van der Waals surface area contributed by atoms with Crippen LogP contribution in [0.5, 0.6) is 5.75 Å². The number of thiophene rings is 1. The van der Waals surface area contributed by atoms with Crippen LogP contribution in [-0.4, -0.2) is 0 Å². The van der Waals surface area contributed by atoms with E-state index in [1.165, 1.54) is 19.1 Å². The molecule has 0 aliphatic rings. The number of hydrogen-bond donors (Lipinski definition) is 0. The van der Waals surface area contributed by atoms with Crippen LogP contribution < -0.4 is 4.74 Å². The quantitative estimate of drug-likeness (QED) is 0.270. The van der Waals surface area contributed by atoms with Crippen LogP contribution in [0.2, 0.25) is 0 Å². The summed E-state index contributed by atoms with van der Waals surface area (Å²) in [7, 11) is 0. The van der Waals surface area contributed by atoms with Crippen LogP contribution >= 0.6 is 11.3 Å². The van der Waals surface area contributed by atoms with Gasteiger partial charge >= 0.3 is 6.11 Å². The van der Waals surface area contributed by atoms with Crippen molar-refractivity contribution < 1.29 is 39.9 Å². The molecule has 32 heavy (non-hydrogen) atoms. The second-order valence-corrected chi connectivity index (χ2v) is 8.27. The van der Waals surface area contributed by atoms with Crippen molar-refractivity contribution in [1.82, 2.24) is 0 Å². The zero-order chi connectivity index (χ0) is 23.6. The third-order valence-corrected chi connectivity index (χ3v) is 6.10. The molecule has 0 fully saturated rings. The average Bonchev–Trinajstić information content (AvgIpc) is 3.03. The van der Waals surface area contributed by atoms with Gasteiger partial charge < -0.3 is 4.74 Å². The summed E-state index contributed by atoms with van der Waals surface area (Å²) in [6.07, 6.45) is -4.42. The number of aryl methyl sites for hydroxylation is 1. The van der Waals surface area contributed by atoms with Crippen LogP contribution in [0.3, 0.4) is 0 Å². The normalized spacial score (nSPS) is 12.7. The highest BCUT2D eigenvalue weighted by molar-refractivity contribution is 7.25. The fraction of sp³-hybridized carbons (Fsp3) is 0.182. The van der Waals surface area contributed by atoms with Crippen molar-refractivity contribution >= 4 is 31.5 Å². The zero-order valence-corrected chi connectivity index (χ0v) is 17.1. The molecule has 168 valence electrons. The summed E-state index contributed by atoms with van der Waals surface area (Å²) >= 11 is 0.633. The van der Waals surface area contributed by atoms with E-state index in [9.17, 15) is 35.1 Å². The molecule has 3 aromatic carbocycles. The van der Waals surface area contributed by atoms with E-state index in [-0.39, 0.29) is 33.8 Å². The van der Waals surface area contributed by atoms with Crippen molar-refractivity contribution in [1.29, 1.82) is 0 Å². The lowest BCUT2D eigenvalue weighted by Crippen LogP contribution is -2.24. The van der Waals surface area contributed by atoms with E-state index in [4.69, 9.17) is 0 Å². The Labute approximate surface area is 179 Å². The molecular formula is C22H12F8OS. The monoisotopic (exact) mass is 476 g/mol. The average molecular weight is 476 g/mol. The molecular weight excluding hydrogens is 464 g/mol. The van der Waals surface area contributed by atoms with Crippen molar-refractivity contribution in [2.24, 2.45) is 0 Å². The van der Waals surface area contributed by atoms with E-state index >= 15 is 0 Å². The molecule has 0 spiro atoms. The van der Waals surface area contributed by atoms with Gasteiger partial charge in [0.2, 0.25) is 0 Å². The molecule has 0 bridgehead atoms. The van der Waals surface area contributed by atoms with Gasteiger partial charge in [0.15, 0.2) is 5.82 Å². The fourth-order valence-corrected chi connectivity index (χ4v) is 4.62. The van der Waals surface area contributed by atoms with Crippen LogP contribution in [0.25, 0.3) is 20.2 Å². The number of hydrogen-bond acceptors (Lipinski definition) is 2. The summed E-state index contributed by atoms with van der Waals surface area (Å²) < 4.78 is 117. The van der Waals surface area contributed by atoms with Crippen LogP contribution in [0.15, 0.2) is 36.4 Å². The minimum atomic E-state index is -4.42. The third-order valence-electron chi connectivity index (χ3n) is 4.90. The predicted molar refractivity (Wildman–Crippen MR) is 104 cm³/mol. The highest BCUT2D eigenvalue weighted by Crippen LogP contribution is 2.43. The lowest BCUT2D eigenvalue weighted by Gasteiger charge is -2.20. The number of benzene rings is 3. The van der Waals surface area contributed by atoms with Gasteiger partial charge in [-0.25, -0.2) is 26.3 Å². The van der Waals surface area contributed by atoms with Crippen LogP contribution in [0.1, 0.15) is 23.6 Å². The Morgan fingerprint density at radius 3 is 1.88 bits per heavy atom. The first kappa shape index (κ1) is 22.3. The van der Waals surface area contributed by atoms with Crippen LogP contribution in [0, 0.1) is 30.2 Å². The van der Waals surface area contributed by atoms with Gasteiger partial charge in [0.1, 0.15) is 28.8 Å². The van der Waals surface area contributed by atoms with E-state index < -0.39 is 52.2 Å². The molecule has 0 saturated carbocycles. The summed E-state index contributed by atoms with van der Waals surface area (Å²) in [6, 6.07) is 5.20. The highest BCUT2D eigenvalue weighted by atomic mass is 32.1. The summed E-state index contributed by atoms with van der Waals surface area (Å²) in [5.41, 5.74) is -2.58. The van der Waals surface area contributed by atoms with E-state index in [0.29, 0.717) is 28.4 Å². The molecule has 4 rings (SSSR count). The topological polar surface area (TPSA) is 9.23 Å². The molecule has 10 heteroatoms. The number of halogens is 8. The molecule has 1 nitrogen and oxygen atoms in total. The molecule has 0 aliphatic heterocycles. The van der Waals surface area contributed by atoms with Crippen LogP contribution in [0.4, 0.5) is 35.1 Å². The molecule has 0 aliphatic carbocycles. The van der Waals surface area contributed by atoms with E-state index in [1.54, 1.807) is 0 Å². The first-order chi connectivity index (χ1) is 14.8. The van der Waals surface area contributed by atoms with Crippen molar-refractivity contribution in [2.75, 3.05) is 0 Å². The first-order valence-electron chi connectivity index (χ1n) is 9.05. The largest absolute Gasteiger partial charge is 0.429 e. The lowest BCUT2D eigenvalue weighted by atomic mass is 10.1. The van der Waals surface area contributed by atoms with Gasteiger partial charge in [-0.15, -0.1) is 11.3 Å². The highest BCUT2D eigenvalue weighted by Gasteiger charge is 2.40. The second-order valence-electron chi connectivity index (χ2n) is 7.25. The number of rotatable bonds is 4. The molecule has 1 heterocycles. The third kappa shape index (κ3) is 3.56. The Morgan fingerprint density at radius 1 is 0.781 bits per heavy atom. The fourth-order valence-electron chi connectivity index (χ4n) is 3.39. The molecule has 0 radical (unpaired) electrons. The molecule has 0 amide bonds. The van der Waals surface area contributed by atoms with E-state index in [2.05, 4.69) is 4.74 Å². The Balaban J connectivity index is 1.79. The summed E-state index contributed by atoms with van der Waals surface area (Å²) in [4.78, 5) is 0. The molecule has 0 saturated heterocycles. The maximum Gasteiger partial charge on any atom is 0.429 e. The van der Waals surface area contributed by atoms with Crippen molar-refractivity contribution in [3.05, 3.63) is 76.4 Å². The summed E-state index contributed by atoms with van der Waals surface area (Å²) in [6.45, 7) is 1.74. The van der Waals surface area contributed by atoms with Gasteiger partial charge in [-0.1, -0.05) is 18.2 Å². The van der Waals surface area contributed by atoms with Gasteiger partial charge in [0.05, 0.1) is 15.0 Å².